The number of rotatable bonds is 7. The molecule has 0 radical (unpaired) electrons. The van der Waals surface area contributed by atoms with Crippen LogP contribution < -0.4 is 10.6 Å². The van der Waals surface area contributed by atoms with E-state index in [1.165, 1.54) is 0 Å². The van der Waals surface area contributed by atoms with E-state index in [1.54, 1.807) is 7.05 Å². The van der Waals surface area contributed by atoms with E-state index < -0.39 is 0 Å². The third-order valence-electron chi connectivity index (χ3n) is 3.07. The molecule has 7 heteroatoms. The number of nitrogens with one attached hydrogen (secondary N) is 2. The lowest BCUT2D eigenvalue weighted by atomic mass is 10.3. The van der Waals surface area contributed by atoms with Crippen molar-refractivity contribution in [3.05, 3.63) is 48.3 Å². The van der Waals surface area contributed by atoms with Gasteiger partial charge in [-0.3, -0.25) is 4.99 Å². The predicted molar refractivity (Wildman–Crippen MR) is 104 cm³/mol. The maximum absolute atomic E-state index is 5.28. The number of hydrogen-bond acceptors (Lipinski definition) is 3. The van der Waals surface area contributed by atoms with E-state index in [1.807, 2.05) is 54.2 Å². The number of hydrogen-bond donors (Lipinski definition) is 2. The Morgan fingerprint density at radius 2 is 2.00 bits per heavy atom. The van der Waals surface area contributed by atoms with Gasteiger partial charge in [0.2, 0.25) is 0 Å². The summed E-state index contributed by atoms with van der Waals surface area (Å²) >= 11 is 0. The van der Waals surface area contributed by atoms with E-state index in [0.29, 0.717) is 13.2 Å². The Morgan fingerprint density at radius 3 is 2.70 bits per heavy atom. The largest absolute Gasteiger partial charge is 0.380 e. The Bertz CT molecular complexity index is 585. The molecule has 23 heavy (non-hydrogen) atoms. The number of guanidine groups is 1. The molecule has 2 N–H and O–H groups in total. The zero-order valence-corrected chi connectivity index (χ0v) is 15.9. The second-order valence-corrected chi connectivity index (χ2v) is 4.64. The maximum atomic E-state index is 5.28. The summed E-state index contributed by atoms with van der Waals surface area (Å²) in [5.41, 5.74) is 2.00. The van der Waals surface area contributed by atoms with Crippen molar-refractivity contribution in [3.8, 4) is 5.69 Å². The van der Waals surface area contributed by atoms with Crippen LogP contribution >= 0.6 is 24.0 Å². The summed E-state index contributed by atoms with van der Waals surface area (Å²) in [6.07, 6.45) is 1.96. The second kappa shape index (κ2) is 11.0. The zero-order chi connectivity index (χ0) is 15.6. The first kappa shape index (κ1) is 19.4. The first-order valence-electron chi connectivity index (χ1n) is 7.45. The highest BCUT2D eigenvalue weighted by molar-refractivity contribution is 14.0. The molecule has 1 aromatic carbocycles. The Morgan fingerprint density at radius 1 is 1.22 bits per heavy atom. The number of ether oxygens (including phenoxy) is 1. The highest BCUT2D eigenvalue weighted by atomic mass is 127. The quantitative estimate of drug-likeness (QED) is 0.307. The zero-order valence-electron chi connectivity index (χ0n) is 13.5. The van der Waals surface area contributed by atoms with Crippen LogP contribution in [0.4, 0.5) is 0 Å². The highest BCUT2D eigenvalue weighted by Crippen LogP contribution is 2.06. The second-order valence-electron chi connectivity index (χ2n) is 4.64. The Hall–Kier alpha value is -1.61. The van der Waals surface area contributed by atoms with E-state index >= 15 is 0 Å². The third-order valence-corrected chi connectivity index (χ3v) is 3.07. The minimum atomic E-state index is 0. The summed E-state index contributed by atoms with van der Waals surface area (Å²) in [4.78, 5) is 4.17. The molecule has 0 aliphatic carbocycles. The molecule has 2 rings (SSSR count). The smallest absolute Gasteiger partial charge is 0.191 e. The molecular weight excluding hydrogens is 405 g/mol. The van der Waals surface area contributed by atoms with Crippen molar-refractivity contribution in [1.29, 1.82) is 0 Å². The normalized spacial score (nSPS) is 11.0. The van der Waals surface area contributed by atoms with Crippen LogP contribution in [0.15, 0.2) is 47.6 Å². The Balaban J connectivity index is 0.00000264. The van der Waals surface area contributed by atoms with E-state index in [2.05, 4.69) is 20.7 Å². The molecule has 1 heterocycles. The molecule has 0 atom stereocenters. The predicted octanol–water partition coefficient (Wildman–Crippen LogP) is 2.19. The van der Waals surface area contributed by atoms with Crippen LogP contribution in [0.3, 0.4) is 0 Å². The van der Waals surface area contributed by atoms with Crippen molar-refractivity contribution < 1.29 is 4.74 Å². The molecule has 0 saturated heterocycles. The van der Waals surface area contributed by atoms with Gasteiger partial charge in [-0.2, -0.15) is 5.10 Å². The van der Waals surface area contributed by atoms with Gasteiger partial charge in [-0.05, 0) is 25.1 Å². The van der Waals surface area contributed by atoms with Gasteiger partial charge in [0.15, 0.2) is 5.96 Å². The monoisotopic (exact) mass is 429 g/mol. The summed E-state index contributed by atoms with van der Waals surface area (Å²) in [7, 11) is 1.75. The number of benzene rings is 1. The van der Waals surface area contributed by atoms with E-state index in [4.69, 9.17) is 4.74 Å². The molecule has 0 fully saturated rings. The van der Waals surface area contributed by atoms with Crippen molar-refractivity contribution in [1.82, 2.24) is 20.4 Å². The summed E-state index contributed by atoms with van der Waals surface area (Å²) in [6, 6.07) is 12.0. The molecule has 0 amide bonds. The number of aromatic nitrogens is 2. The average Bonchev–Trinajstić information content (AvgIpc) is 3.04. The van der Waals surface area contributed by atoms with Crippen LogP contribution in [-0.4, -0.2) is 42.5 Å². The lowest BCUT2D eigenvalue weighted by Crippen LogP contribution is -2.38. The summed E-state index contributed by atoms with van der Waals surface area (Å²) < 4.78 is 7.15. The molecule has 0 bridgehead atoms. The maximum Gasteiger partial charge on any atom is 0.191 e. The lowest BCUT2D eigenvalue weighted by Gasteiger charge is -2.10. The van der Waals surface area contributed by atoms with Gasteiger partial charge >= 0.3 is 0 Å². The van der Waals surface area contributed by atoms with Gasteiger partial charge < -0.3 is 15.4 Å². The van der Waals surface area contributed by atoms with Crippen LogP contribution in [-0.2, 0) is 11.3 Å². The van der Waals surface area contributed by atoms with Gasteiger partial charge in [-0.25, -0.2) is 4.68 Å². The molecule has 0 saturated carbocycles. The number of aliphatic imine (C=N–C) groups is 1. The average molecular weight is 429 g/mol. The third kappa shape index (κ3) is 6.57. The van der Waals surface area contributed by atoms with Crippen molar-refractivity contribution in [2.45, 2.75) is 13.5 Å². The molecule has 126 valence electrons. The number of para-hydroxylation sites is 1. The van der Waals surface area contributed by atoms with Gasteiger partial charge in [-0.1, -0.05) is 18.2 Å². The fraction of sp³-hybridized carbons (Fsp3) is 0.375. The Labute approximate surface area is 154 Å². The van der Waals surface area contributed by atoms with E-state index in [-0.39, 0.29) is 24.0 Å². The molecular formula is C16H24IN5O. The van der Waals surface area contributed by atoms with Crippen molar-refractivity contribution in [2.24, 2.45) is 4.99 Å². The van der Waals surface area contributed by atoms with Crippen molar-refractivity contribution in [2.75, 3.05) is 26.8 Å². The van der Waals surface area contributed by atoms with E-state index in [0.717, 1.165) is 30.5 Å². The van der Waals surface area contributed by atoms with Crippen LogP contribution in [0.25, 0.3) is 5.69 Å². The first-order chi connectivity index (χ1) is 10.8. The number of nitrogens with zero attached hydrogens (tertiary/aromatic N) is 3. The van der Waals surface area contributed by atoms with Crippen molar-refractivity contribution in [3.63, 3.8) is 0 Å². The first-order valence-corrected chi connectivity index (χ1v) is 7.45. The van der Waals surface area contributed by atoms with Crippen LogP contribution in [0.5, 0.6) is 0 Å². The van der Waals surface area contributed by atoms with Crippen LogP contribution in [0.2, 0.25) is 0 Å². The molecule has 0 aliphatic rings. The van der Waals surface area contributed by atoms with Crippen LogP contribution in [0, 0.1) is 0 Å². The van der Waals surface area contributed by atoms with Gasteiger partial charge in [0.05, 0.1) is 24.5 Å². The topological polar surface area (TPSA) is 63.5 Å². The SMILES string of the molecule is CCOCCNC(=NC)NCc1ccn(-c2ccccc2)n1.I. The molecule has 0 aliphatic heterocycles. The lowest BCUT2D eigenvalue weighted by molar-refractivity contribution is 0.152. The van der Waals surface area contributed by atoms with Gasteiger partial charge in [0.25, 0.3) is 0 Å². The van der Waals surface area contributed by atoms with Crippen molar-refractivity contribution >= 4 is 29.9 Å². The molecule has 0 unspecified atom stereocenters. The Kier molecular flexibility index (Phi) is 9.30. The minimum absolute atomic E-state index is 0. The fourth-order valence-corrected chi connectivity index (χ4v) is 1.96. The highest BCUT2D eigenvalue weighted by Gasteiger charge is 2.02. The summed E-state index contributed by atoms with van der Waals surface area (Å²) in [6.45, 7) is 4.72. The van der Waals surface area contributed by atoms with Gasteiger partial charge in [0, 0.05) is 26.4 Å². The number of halogens is 1. The van der Waals surface area contributed by atoms with Crippen LogP contribution in [0.1, 0.15) is 12.6 Å². The van der Waals surface area contributed by atoms with E-state index in [9.17, 15) is 0 Å². The minimum Gasteiger partial charge on any atom is -0.380 e. The molecule has 6 nitrogen and oxygen atoms in total. The fourth-order valence-electron chi connectivity index (χ4n) is 1.96. The standard InChI is InChI=1S/C16H23N5O.HI/c1-3-22-12-10-18-16(17-2)19-13-14-9-11-21(20-14)15-7-5-4-6-8-15;/h4-9,11H,3,10,12-13H2,1-2H3,(H2,17,18,19);1H. The molecule has 0 spiro atoms. The van der Waals surface area contributed by atoms with Gasteiger partial charge in [0.1, 0.15) is 0 Å². The molecule has 2 aromatic rings. The summed E-state index contributed by atoms with van der Waals surface area (Å²) in [5.74, 6) is 0.744. The molecule has 1 aromatic heterocycles. The van der Waals surface area contributed by atoms with Gasteiger partial charge in [-0.15, -0.1) is 24.0 Å². The summed E-state index contributed by atoms with van der Waals surface area (Å²) in [5, 5.41) is 11.0.